The molecule has 7 nitrogen and oxygen atoms in total. The topological polar surface area (TPSA) is 97.3 Å². The van der Waals surface area contributed by atoms with Gasteiger partial charge >= 0.3 is 0 Å². The van der Waals surface area contributed by atoms with E-state index < -0.39 is 0 Å². The molecule has 0 aliphatic rings. The molecule has 0 aliphatic carbocycles. The third-order valence-corrected chi connectivity index (χ3v) is 4.71. The molecule has 4 N–H and O–H groups in total. The first-order chi connectivity index (χ1) is 13.1. The highest BCUT2D eigenvalue weighted by molar-refractivity contribution is 7.15. The van der Waals surface area contributed by atoms with E-state index >= 15 is 0 Å². The number of carbonyl (C=O) groups excluding carboxylic acids is 1. The monoisotopic (exact) mass is 382 g/mol. The number of nitrogen functional groups attached to an aromatic ring is 1. The minimum absolute atomic E-state index is 0.200. The molecule has 0 saturated carbocycles. The summed E-state index contributed by atoms with van der Waals surface area (Å²) >= 11 is 1.44. The van der Waals surface area contributed by atoms with Crippen LogP contribution < -0.4 is 16.4 Å². The van der Waals surface area contributed by atoms with Crippen molar-refractivity contribution in [2.45, 2.75) is 6.54 Å². The zero-order chi connectivity index (χ0) is 18.8. The quantitative estimate of drug-likeness (QED) is 0.492. The summed E-state index contributed by atoms with van der Waals surface area (Å²) in [6, 6.07) is 7.89. The number of amides is 1. The molecule has 3 heterocycles. The van der Waals surface area contributed by atoms with E-state index in [1.807, 2.05) is 11.6 Å². The number of thiazole rings is 1. The molecule has 0 radical (unpaired) electrons. The number of aromatic nitrogens is 3. The summed E-state index contributed by atoms with van der Waals surface area (Å²) in [6.45, 7) is 0.200. The SMILES string of the molecule is Nc1ncccc1NCc1cc(NC(=O)c2cn3ccsc3n2)ccc1F. The summed E-state index contributed by atoms with van der Waals surface area (Å²) < 4.78 is 15.9. The van der Waals surface area contributed by atoms with Crippen LogP contribution in [0.15, 0.2) is 54.3 Å². The van der Waals surface area contributed by atoms with Crippen molar-refractivity contribution < 1.29 is 9.18 Å². The Balaban J connectivity index is 1.49. The normalized spacial score (nSPS) is 10.9. The Kier molecular flexibility index (Phi) is 4.43. The second kappa shape index (κ2) is 7.04. The number of nitrogens with zero attached hydrogens (tertiary/aromatic N) is 3. The Bertz CT molecular complexity index is 1090. The summed E-state index contributed by atoms with van der Waals surface area (Å²) in [4.78, 5) is 21.4. The molecule has 9 heteroatoms. The molecule has 0 fully saturated rings. The summed E-state index contributed by atoms with van der Waals surface area (Å²) in [7, 11) is 0. The molecular weight excluding hydrogens is 367 g/mol. The summed E-state index contributed by atoms with van der Waals surface area (Å²) in [6.07, 6.45) is 5.06. The van der Waals surface area contributed by atoms with Gasteiger partial charge in [0.2, 0.25) is 0 Å². The van der Waals surface area contributed by atoms with Gasteiger partial charge in [-0.15, -0.1) is 11.3 Å². The summed E-state index contributed by atoms with van der Waals surface area (Å²) in [5.41, 5.74) is 7.56. The number of nitrogens with one attached hydrogen (secondary N) is 2. The molecule has 1 aromatic carbocycles. The number of nitrogens with two attached hydrogens (primary N) is 1. The number of anilines is 3. The lowest BCUT2D eigenvalue weighted by atomic mass is 10.1. The largest absolute Gasteiger partial charge is 0.382 e. The van der Waals surface area contributed by atoms with Crippen LogP contribution >= 0.6 is 11.3 Å². The Morgan fingerprint density at radius 1 is 1.33 bits per heavy atom. The third-order valence-electron chi connectivity index (χ3n) is 3.94. The first kappa shape index (κ1) is 17.0. The van der Waals surface area contributed by atoms with E-state index in [2.05, 4.69) is 20.6 Å². The second-order valence-electron chi connectivity index (χ2n) is 5.77. The number of halogens is 1. The van der Waals surface area contributed by atoms with Gasteiger partial charge in [0.15, 0.2) is 4.96 Å². The van der Waals surface area contributed by atoms with Gasteiger partial charge in [0.05, 0.1) is 5.69 Å². The first-order valence-electron chi connectivity index (χ1n) is 8.06. The van der Waals surface area contributed by atoms with Gasteiger partial charge in [0, 0.05) is 41.8 Å². The van der Waals surface area contributed by atoms with E-state index in [1.165, 1.54) is 23.5 Å². The lowest BCUT2D eigenvalue weighted by Gasteiger charge is -2.11. The van der Waals surface area contributed by atoms with E-state index in [0.29, 0.717) is 28.5 Å². The number of hydrogen-bond acceptors (Lipinski definition) is 6. The maximum absolute atomic E-state index is 14.1. The van der Waals surface area contributed by atoms with Crippen LogP contribution in [0.1, 0.15) is 16.1 Å². The van der Waals surface area contributed by atoms with Gasteiger partial charge in [-0.25, -0.2) is 14.4 Å². The number of pyridine rings is 1. The maximum atomic E-state index is 14.1. The van der Waals surface area contributed by atoms with Gasteiger partial charge in [-0.3, -0.25) is 9.20 Å². The smallest absolute Gasteiger partial charge is 0.275 e. The van der Waals surface area contributed by atoms with Crippen molar-refractivity contribution in [3.8, 4) is 0 Å². The highest BCUT2D eigenvalue weighted by Crippen LogP contribution is 2.20. The Labute approximate surface area is 157 Å². The highest BCUT2D eigenvalue weighted by Gasteiger charge is 2.13. The number of hydrogen-bond donors (Lipinski definition) is 3. The molecule has 27 heavy (non-hydrogen) atoms. The fourth-order valence-electron chi connectivity index (χ4n) is 2.58. The van der Waals surface area contributed by atoms with E-state index in [0.717, 1.165) is 4.96 Å². The van der Waals surface area contributed by atoms with Crippen LogP contribution in [0.3, 0.4) is 0 Å². The third kappa shape index (κ3) is 3.58. The minimum atomic E-state index is -0.384. The van der Waals surface area contributed by atoms with Gasteiger partial charge < -0.3 is 16.4 Å². The van der Waals surface area contributed by atoms with Gasteiger partial charge in [0.25, 0.3) is 5.91 Å². The lowest BCUT2D eigenvalue weighted by molar-refractivity contribution is 0.102. The number of imidazole rings is 1. The predicted molar refractivity (Wildman–Crippen MR) is 103 cm³/mol. The number of fused-ring (bicyclic) bond motifs is 1. The fraction of sp³-hybridized carbons (Fsp3) is 0.0556. The maximum Gasteiger partial charge on any atom is 0.275 e. The zero-order valence-electron chi connectivity index (χ0n) is 14.0. The summed E-state index contributed by atoms with van der Waals surface area (Å²) in [5, 5.41) is 7.67. The first-order valence-corrected chi connectivity index (χ1v) is 8.94. The number of carbonyl (C=O) groups is 1. The van der Waals surface area contributed by atoms with E-state index in [-0.39, 0.29) is 18.3 Å². The Morgan fingerprint density at radius 3 is 3.04 bits per heavy atom. The Hall–Kier alpha value is -3.46. The average Bonchev–Trinajstić information content (AvgIpc) is 3.25. The molecule has 0 spiro atoms. The van der Waals surface area contributed by atoms with E-state index in [1.54, 1.807) is 35.0 Å². The van der Waals surface area contributed by atoms with Crippen LogP contribution in [-0.4, -0.2) is 20.3 Å². The zero-order valence-corrected chi connectivity index (χ0v) is 14.8. The van der Waals surface area contributed by atoms with Gasteiger partial charge in [-0.05, 0) is 30.3 Å². The van der Waals surface area contributed by atoms with Crippen molar-refractivity contribution >= 4 is 39.4 Å². The van der Waals surface area contributed by atoms with Gasteiger partial charge in [-0.1, -0.05) is 0 Å². The molecule has 4 rings (SSSR count). The number of benzene rings is 1. The van der Waals surface area contributed by atoms with Crippen LogP contribution in [0.2, 0.25) is 0 Å². The van der Waals surface area contributed by atoms with Crippen LogP contribution in [0.4, 0.5) is 21.6 Å². The fourth-order valence-corrected chi connectivity index (χ4v) is 3.28. The standard InChI is InChI=1S/C18H15FN6OS/c19-13-4-3-12(8-11(13)9-22-14-2-1-5-21-16(14)20)23-17(26)15-10-25-6-7-27-18(25)24-15/h1-8,10,22H,9H2,(H2,20,21)(H,23,26). The van der Waals surface area contributed by atoms with Gasteiger partial charge in [-0.2, -0.15) is 0 Å². The second-order valence-corrected chi connectivity index (χ2v) is 6.64. The van der Waals surface area contributed by atoms with E-state index in [4.69, 9.17) is 5.73 Å². The summed E-state index contributed by atoms with van der Waals surface area (Å²) in [5.74, 6) is -0.402. The van der Waals surface area contributed by atoms with Crippen LogP contribution in [0.5, 0.6) is 0 Å². The minimum Gasteiger partial charge on any atom is -0.382 e. The van der Waals surface area contributed by atoms with E-state index in [9.17, 15) is 9.18 Å². The molecule has 136 valence electrons. The van der Waals surface area contributed by atoms with Crippen molar-refractivity contribution in [2.75, 3.05) is 16.4 Å². The van der Waals surface area contributed by atoms with Crippen LogP contribution in [0.25, 0.3) is 4.96 Å². The average molecular weight is 382 g/mol. The molecule has 0 aliphatic heterocycles. The van der Waals surface area contributed by atoms with Crippen molar-refractivity contribution in [1.82, 2.24) is 14.4 Å². The van der Waals surface area contributed by atoms with Crippen molar-refractivity contribution in [1.29, 1.82) is 0 Å². The molecule has 0 atom stereocenters. The van der Waals surface area contributed by atoms with Crippen LogP contribution in [0, 0.1) is 5.82 Å². The molecular formula is C18H15FN6OS. The van der Waals surface area contributed by atoms with Crippen molar-refractivity contribution in [2.24, 2.45) is 0 Å². The molecule has 1 amide bonds. The molecule has 0 bridgehead atoms. The highest BCUT2D eigenvalue weighted by atomic mass is 32.1. The Morgan fingerprint density at radius 2 is 2.22 bits per heavy atom. The van der Waals surface area contributed by atoms with Crippen LogP contribution in [-0.2, 0) is 6.54 Å². The molecule has 4 aromatic rings. The molecule has 0 unspecified atom stereocenters. The molecule has 3 aromatic heterocycles. The van der Waals surface area contributed by atoms with Crippen molar-refractivity contribution in [3.63, 3.8) is 0 Å². The predicted octanol–water partition coefficient (Wildman–Crippen LogP) is 3.38. The van der Waals surface area contributed by atoms with Gasteiger partial charge in [0.1, 0.15) is 17.3 Å². The lowest BCUT2D eigenvalue weighted by Crippen LogP contribution is -2.13. The van der Waals surface area contributed by atoms with Crippen molar-refractivity contribution in [3.05, 3.63) is 71.4 Å². The molecule has 0 saturated heterocycles. The number of rotatable bonds is 5.